The summed E-state index contributed by atoms with van der Waals surface area (Å²) in [5, 5.41) is 9.43. The molecule has 1 unspecified atom stereocenters. The van der Waals surface area contributed by atoms with E-state index in [-0.39, 0.29) is 0 Å². The maximum Gasteiger partial charge on any atom is 0.174 e. The summed E-state index contributed by atoms with van der Waals surface area (Å²) in [7, 11) is 0. The van der Waals surface area contributed by atoms with Crippen LogP contribution in [0.3, 0.4) is 0 Å². The van der Waals surface area contributed by atoms with Crippen molar-refractivity contribution in [2.24, 2.45) is 0 Å². The minimum Gasteiger partial charge on any atom is -0.457 e. The van der Waals surface area contributed by atoms with Crippen molar-refractivity contribution < 1.29 is 9.52 Å². The second-order valence-corrected chi connectivity index (χ2v) is 2.91. The highest BCUT2D eigenvalue weighted by atomic mass is 79.9. The molecule has 1 atom stereocenters. The number of rotatable bonds is 3. The normalized spacial score (nSPS) is 12.9. The first-order chi connectivity index (χ1) is 5.25. The summed E-state index contributed by atoms with van der Waals surface area (Å²) < 4.78 is 5.54. The highest BCUT2D eigenvalue weighted by Crippen LogP contribution is 2.26. The Morgan fingerprint density at radius 2 is 2.55 bits per heavy atom. The Labute approximate surface area is 73.7 Å². The van der Waals surface area contributed by atoms with E-state index in [1.165, 1.54) is 6.26 Å². The van der Waals surface area contributed by atoms with Crippen LogP contribution >= 0.6 is 15.9 Å². The van der Waals surface area contributed by atoms with Crippen LogP contribution in [0.5, 0.6) is 0 Å². The zero-order valence-electron chi connectivity index (χ0n) is 5.96. The average molecular weight is 217 g/mol. The van der Waals surface area contributed by atoms with Crippen LogP contribution in [0, 0.1) is 0 Å². The second-order valence-electron chi connectivity index (χ2n) is 2.19. The smallest absolute Gasteiger partial charge is 0.174 e. The SMILES string of the molecule is C=CCC(O)c1ccoc1Br. The Hall–Kier alpha value is -0.540. The van der Waals surface area contributed by atoms with E-state index < -0.39 is 6.10 Å². The van der Waals surface area contributed by atoms with E-state index in [1.54, 1.807) is 12.1 Å². The minimum absolute atomic E-state index is 0.513. The van der Waals surface area contributed by atoms with Gasteiger partial charge in [-0.05, 0) is 28.4 Å². The predicted molar refractivity (Wildman–Crippen MR) is 46.2 cm³/mol. The van der Waals surface area contributed by atoms with Gasteiger partial charge in [0.2, 0.25) is 0 Å². The summed E-state index contributed by atoms with van der Waals surface area (Å²) in [6.45, 7) is 3.53. The van der Waals surface area contributed by atoms with Gasteiger partial charge in [0.1, 0.15) is 0 Å². The molecule has 0 aliphatic heterocycles. The van der Waals surface area contributed by atoms with Gasteiger partial charge in [-0.25, -0.2) is 0 Å². The van der Waals surface area contributed by atoms with Gasteiger partial charge in [0, 0.05) is 5.56 Å². The molecule has 0 aromatic carbocycles. The molecule has 0 saturated heterocycles. The van der Waals surface area contributed by atoms with Gasteiger partial charge in [0.25, 0.3) is 0 Å². The van der Waals surface area contributed by atoms with Crippen LogP contribution in [0.1, 0.15) is 18.1 Å². The molecular formula is C8H9BrO2. The highest BCUT2D eigenvalue weighted by molar-refractivity contribution is 9.10. The first kappa shape index (κ1) is 8.56. The molecule has 0 fully saturated rings. The third-order valence-electron chi connectivity index (χ3n) is 1.39. The fraction of sp³-hybridized carbons (Fsp3) is 0.250. The molecule has 1 aromatic rings. The Morgan fingerprint density at radius 1 is 1.82 bits per heavy atom. The molecule has 0 bridgehead atoms. The lowest BCUT2D eigenvalue weighted by molar-refractivity contribution is 0.179. The van der Waals surface area contributed by atoms with Crippen LogP contribution < -0.4 is 0 Å². The molecule has 0 spiro atoms. The van der Waals surface area contributed by atoms with Crippen molar-refractivity contribution in [3.63, 3.8) is 0 Å². The first-order valence-electron chi connectivity index (χ1n) is 3.27. The number of aliphatic hydroxyl groups is 1. The van der Waals surface area contributed by atoms with Gasteiger partial charge >= 0.3 is 0 Å². The monoisotopic (exact) mass is 216 g/mol. The Bertz CT molecular complexity index is 242. The lowest BCUT2D eigenvalue weighted by Gasteiger charge is -2.03. The Kier molecular flexibility index (Phi) is 2.91. The molecule has 0 saturated carbocycles. The summed E-state index contributed by atoms with van der Waals surface area (Å²) in [6.07, 6.45) is 3.23. The van der Waals surface area contributed by atoms with E-state index in [9.17, 15) is 5.11 Å². The van der Waals surface area contributed by atoms with E-state index in [0.717, 1.165) is 5.56 Å². The van der Waals surface area contributed by atoms with Gasteiger partial charge in [-0.3, -0.25) is 0 Å². The van der Waals surface area contributed by atoms with Gasteiger partial charge in [0.15, 0.2) is 4.67 Å². The van der Waals surface area contributed by atoms with Crippen molar-refractivity contribution in [1.82, 2.24) is 0 Å². The highest BCUT2D eigenvalue weighted by Gasteiger charge is 2.11. The van der Waals surface area contributed by atoms with Crippen LogP contribution in [0.2, 0.25) is 0 Å². The Morgan fingerprint density at radius 3 is 3.00 bits per heavy atom. The van der Waals surface area contributed by atoms with E-state index in [2.05, 4.69) is 22.5 Å². The maximum atomic E-state index is 9.43. The van der Waals surface area contributed by atoms with Crippen LogP contribution in [-0.4, -0.2) is 5.11 Å². The van der Waals surface area contributed by atoms with Gasteiger partial charge in [-0.2, -0.15) is 0 Å². The largest absolute Gasteiger partial charge is 0.457 e. The van der Waals surface area contributed by atoms with E-state index in [4.69, 9.17) is 4.42 Å². The molecule has 0 amide bonds. The van der Waals surface area contributed by atoms with Gasteiger partial charge in [0.05, 0.1) is 12.4 Å². The molecule has 11 heavy (non-hydrogen) atoms. The zero-order chi connectivity index (χ0) is 8.27. The van der Waals surface area contributed by atoms with Crippen LogP contribution in [0.4, 0.5) is 0 Å². The van der Waals surface area contributed by atoms with Crippen molar-refractivity contribution in [2.75, 3.05) is 0 Å². The zero-order valence-corrected chi connectivity index (χ0v) is 7.54. The minimum atomic E-state index is -0.513. The quantitative estimate of drug-likeness (QED) is 0.789. The van der Waals surface area contributed by atoms with E-state index in [1.807, 2.05) is 0 Å². The van der Waals surface area contributed by atoms with Crippen molar-refractivity contribution in [3.05, 3.63) is 35.2 Å². The van der Waals surface area contributed by atoms with E-state index >= 15 is 0 Å². The molecule has 1 N–H and O–H groups in total. The average Bonchev–Trinajstić information content (AvgIpc) is 2.36. The number of hydrogen-bond donors (Lipinski definition) is 1. The lowest BCUT2D eigenvalue weighted by Crippen LogP contribution is -1.93. The third-order valence-corrected chi connectivity index (χ3v) is 2.04. The number of furan rings is 1. The summed E-state index contributed by atoms with van der Waals surface area (Å²) >= 11 is 3.18. The summed E-state index contributed by atoms with van der Waals surface area (Å²) in [5.74, 6) is 0. The van der Waals surface area contributed by atoms with Gasteiger partial charge in [-0.1, -0.05) is 6.08 Å². The van der Waals surface area contributed by atoms with Gasteiger partial charge < -0.3 is 9.52 Å². The number of aliphatic hydroxyl groups excluding tert-OH is 1. The number of halogens is 1. The molecule has 1 rings (SSSR count). The topological polar surface area (TPSA) is 33.4 Å². The summed E-state index contributed by atoms with van der Waals surface area (Å²) in [4.78, 5) is 0. The standard InChI is InChI=1S/C8H9BrO2/c1-2-3-7(10)6-4-5-11-8(6)9/h2,4-5,7,10H,1,3H2. The van der Waals surface area contributed by atoms with Crippen molar-refractivity contribution >= 4 is 15.9 Å². The maximum absolute atomic E-state index is 9.43. The molecule has 0 aliphatic carbocycles. The van der Waals surface area contributed by atoms with Crippen molar-refractivity contribution in [1.29, 1.82) is 0 Å². The lowest BCUT2D eigenvalue weighted by atomic mass is 10.1. The fourth-order valence-electron chi connectivity index (χ4n) is 0.828. The molecule has 0 aliphatic rings. The fourth-order valence-corrected chi connectivity index (χ4v) is 1.33. The second kappa shape index (κ2) is 3.74. The van der Waals surface area contributed by atoms with E-state index in [0.29, 0.717) is 11.1 Å². The first-order valence-corrected chi connectivity index (χ1v) is 4.07. The van der Waals surface area contributed by atoms with Crippen LogP contribution in [-0.2, 0) is 0 Å². The molecule has 3 heteroatoms. The molecular weight excluding hydrogens is 208 g/mol. The van der Waals surface area contributed by atoms with Crippen molar-refractivity contribution in [2.45, 2.75) is 12.5 Å². The molecule has 60 valence electrons. The molecule has 0 radical (unpaired) electrons. The molecule has 2 nitrogen and oxygen atoms in total. The summed E-state index contributed by atoms with van der Waals surface area (Å²) in [5.41, 5.74) is 0.768. The molecule has 1 heterocycles. The third kappa shape index (κ3) is 1.94. The van der Waals surface area contributed by atoms with Crippen LogP contribution in [0.15, 0.2) is 34.1 Å². The van der Waals surface area contributed by atoms with Gasteiger partial charge in [-0.15, -0.1) is 6.58 Å². The van der Waals surface area contributed by atoms with Crippen LogP contribution in [0.25, 0.3) is 0 Å². The molecule has 1 aromatic heterocycles. The Balaban J connectivity index is 2.74. The van der Waals surface area contributed by atoms with Crippen molar-refractivity contribution in [3.8, 4) is 0 Å². The predicted octanol–water partition coefficient (Wildman–Crippen LogP) is 2.65. The number of hydrogen-bond acceptors (Lipinski definition) is 2. The summed E-state index contributed by atoms with van der Waals surface area (Å²) in [6, 6.07) is 1.73.